The van der Waals surface area contributed by atoms with Gasteiger partial charge in [0.1, 0.15) is 0 Å². The molecule has 0 atom stereocenters. The Morgan fingerprint density at radius 3 is 2.55 bits per heavy atom. The van der Waals surface area contributed by atoms with Gasteiger partial charge in [0.2, 0.25) is 0 Å². The molecule has 5 nitrogen and oxygen atoms in total. The van der Waals surface area contributed by atoms with E-state index in [-0.39, 0.29) is 5.75 Å². The third-order valence-corrected chi connectivity index (χ3v) is 4.66. The molecule has 0 heterocycles. The Hall–Kier alpha value is -1.23. The van der Waals surface area contributed by atoms with Gasteiger partial charge in [0, 0.05) is 16.5 Å². The molecule has 1 aromatic carbocycles. The maximum atomic E-state index is 12.0. The molecule has 1 radical (unpaired) electrons. The quantitative estimate of drug-likeness (QED) is 0.296. The Morgan fingerprint density at radius 1 is 1.20 bits per heavy atom. The highest BCUT2D eigenvalue weighted by Gasteiger charge is 2.13. The molecule has 0 bridgehead atoms. The fourth-order valence-corrected chi connectivity index (χ4v) is 3.02. The number of azide groups is 1. The number of unbranched alkanes of at least 4 members (excludes halogenated alkanes) is 4. The highest BCUT2D eigenvalue weighted by Crippen LogP contribution is 2.16. The van der Waals surface area contributed by atoms with Crippen LogP contribution < -0.4 is 0 Å². The topological polar surface area (TPSA) is 82.9 Å². The summed E-state index contributed by atoms with van der Waals surface area (Å²) in [5, 5.41) is 3.96. The van der Waals surface area contributed by atoms with Crippen LogP contribution in [0, 0.1) is 6.42 Å². The van der Waals surface area contributed by atoms with Gasteiger partial charge in [-0.15, -0.1) is 0 Å². The molecule has 1 rings (SSSR count). The first kappa shape index (κ1) is 16.8. The van der Waals surface area contributed by atoms with Crippen LogP contribution in [0.2, 0.25) is 5.02 Å². The summed E-state index contributed by atoms with van der Waals surface area (Å²) in [5.41, 5.74) is 8.10. The Balaban J connectivity index is 2.27. The highest BCUT2D eigenvalue weighted by molar-refractivity contribution is 7.91. The molecule has 0 aliphatic carbocycles. The smallest absolute Gasteiger partial charge is 0.178 e. The molecule has 109 valence electrons. The molecule has 0 amide bonds. The summed E-state index contributed by atoms with van der Waals surface area (Å²) in [6, 6.07) is 6.19. The Labute approximate surface area is 124 Å². The van der Waals surface area contributed by atoms with Crippen LogP contribution in [0.4, 0.5) is 0 Å². The number of halogens is 1. The zero-order chi connectivity index (χ0) is 14.8. The van der Waals surface area contributed by atoms with Crippen molar-refractivity contribution in [3.05, 3.63) is 46.2 Å². The molecule has 1 aromatic rings. The van der Waals surface area contributed by atoms with Crippen molar-refractivity contribution in [3.8, 4) is 0 Å². The Kier molecular flexibility index (Phi) is 7.44. The van der Waals surface area contributed by atoms with Crippen LogP contribution in [0.25, 0.3) is 10.4 Å². The number of benzene rings is 1. The van der Waals surface area contributed by atoms with Gasteiger partial charge in [-0.05, 0) is 49.1 Å². The molecule has 0 fully saturated rings. The first-order valence-corrected chi connectivity index (χ1v) is 8.40. The lowest BCUT2D eigenvalue weighted by Gasteiger charge is -2.04. The number of sulfone groups is 1. The fourth-order valence-electron chi connectivity index (χ4n) is 1.67. The minimum atomic E-state index is -3.26. The summed E-state index contributed by atoms with van der Waals surface area (Å²) >= 11 is 5.73. The van der Waals surface area contributed by atoms with E-state index in [4.69, 9.17) is 17.1 Å². The third kappa shape index (κ3) is 6.28. The highest BCUT2D eigenvalue weighted by atomic mass is 35.5. The van der Waals surface area contributed by atoms with Crippen molar-refractivity contribution >= 4 is 21.4 Å². The summed E-state index contributed by atoms with van der Waals surface area (Å²) in [6.45, 7) is 0.500. The van der Waals surface area contributed by atoms with Crippen molar-refractivity contribution in [2.75, 3.05) is 12.3 Å². The molecule has 0 aliphatic heterocycles. The van der Waals surface area contributed by atoms with E-state index in [0.29, 0.717) is 16.5 Å². The Morgan fingerprint density at radius 2 is 1.90 bits per heavy atom. The molecule has 0 aliphatic rings. The summed E-state index contributed by atoms with van der Waals surface area (Å²) in [7, 11) is -3.26. The van der Waals surface area contributed by atoms with Crippen molar-refractivity contribution in [1.82, 2.24) is 0 Å². The van der Waals surface area contributed by atoms with Crippen LogP contribution in [0.3, 0.4) is 0 Å². The molecule has 0 saturated carbocycles. The molecule has 0 unspecified atom stereocenters. The number of rotatable bonds is 9. The molecular weight excluding hydrogens is 298 g/mol. The van der Waals surface area contributed by atoms with Gasteiger partial charge in [0.25, 0.3) is 0 Å². The first-order chi connectivity index (χ1) is 9.56. The van der Waals surface area contributed by atoms with Gasteiger partial charge < -0.3 is 0 Å². The minimum Gasteiger partial charge on any atom is -0.224 e. The van der Waals surface area contributed by atoms with Gasteiger partial charge in [-0.2, -0.15) is 0 Å². The lowest BCUT2D eigenvalue weighted by Crippen LogP contribution is -2.07. The van der Waals surface area contributed by atoms with E-state index in [1.165, 1.54) is 12.1 Å². The molecule has 20 heavy (non-hydrogen) atoms. The lowest BCUT2D eigenvalue weighted by molar-refractivity contribution is 0.596. The molecule has 0 saturated heterocycles. The maximum Gasteiger partial charge on any atom is 0.178 e. The van der Waals surface area contributed by atoms with Crippen LogP contribution in [0.5, 0.6) is 0 Å². The zero-order valence-corrected chi connectivity index (χ0v) is 12.6. The molecular formula is C13H17ClN3O2S. The summed E-state index contributed by atoms with van der Waals surface area (Å²) in [4.78, 5) is 2.96. The van der Waals surface area contributed by atoms with Crippen molar-refractivity contribution in [2.45, 2.75) is 30.6 Å². The van der Waals surface area contributed by atoms with Crippen LogP contribution in [-0.4, -0.2) is 20.7 Å². The van der Waals surface area contributed by atoms with E-state index in [1.54, 1.807) is 18.6 Å². The molecule has 0 spiro atoms. The zero-order valence-electron chi connectivity index (χ0n) is 11.1. The van der Waals surface area contributed by atoms with Crippen molar-refractivity contribution in [3.63, 3.8) is 0 Å². The van der Waals surface area contributed by atoms with Gasteiger partial charge >= 0.3 is 0 Å². The van der Waals surface area contributed by atoms with Crippen LogP contribution in [0.15, 0.2) is 34.3 Å². The average molecular weight is 315 g/mol. The number of hydrogen-bond acceptors (Lipinski definition) is 3. The van der Waals surface area contributed by atoms with Crippen LogP contribution in [0.1, 0.15) is 25.7 Å². The second kappa shape index (κ2) is 8.84. The SMILES string of the molecule is [N-]=[N+]=NCCCCC[CH]CS(=O)(=O)c1ccc(Cl)cc1. The van der Waals surface area contributed by atoms with Crippen LogP contribution in [-0.2, 0) is 9.84 Å². The monoisotopic (exact) mass is 314 g/mol. The van der Waals surface area contributed by atoms with Crippen molar-refractivity contribution in [1.29, 1.82) is 0 Å². The minimum absolute atomic E-state index is 0.0327. The summed E-state index contributed by atoms with van der Waals surface area (Å²) in [6.07, 6.45) is 5.18. The van der Waals surface area contributed by atoms with Crippen LogP contribution >= 0.6 is 11.6 Å². The summed E-state index contributed by atoms with van der Waals surface area (Å²) < 4.78 is 24.0. The predicted octanol–water partition coefficient (Wildman–Crippen LogP) is 4.19. The van der Waals surface area contributed by atoms with Gasteiger partial charge in [-0.25, -0.2) is 8.42 Å². The van der Waals surface area contributed by atoms with Gasteiger partial charge in [0.05, 0.1) is 10.6 Å². The lowest BCUT2D eigenvalue weighted by atomic mass is 10.2. The van der Waals surface area contributed by atoms with E-state index in [2.05, 4.69) is 10.0 Å². The fraction of sp³-hybridized carbons (Fsp3) is 0.462. The largest absolute Gasteiger partial charge is 0.224 e. The molecule has 0 N–H and O–H groups in total. The second-order valence-corrected chi connectivity index (χ2v) is 6.80. The van der Waals surface area contributed by atoms with Crippen molar-refractivity contribution < 1.29 is 8.42 Å². The van der Waals surface area contributed by atoms with E-state index < -0.39 is 9.84 Å². The normalized spacial score (nSPS) is 11.1. The first-order valence-electron chi connectivity index (χ1n) is 6.37. The third-order valence-electron chi connectivity index (χ3n) is 2.74. The van der Waals surface area contributed by atoms with E-state index in [9.17, 15) is 8.42 Å². The number of nitrogens with zero attached hydrogens (tertiary/aromatic N) is 3. The molecule has 0 aromatic heterocycles. The second-order valence-electron chi connectivity index (χ2n) is 4.33. The molecule has 7 heteroatoms. The standard InChI is InChI=1S/C13H17ClN3O2S/c14-12-6-8-13(9-7-12)20(18,19)11-5-3-1-2-4-10-16-17-15/h5-9H,1-4,10-11H2. The van der Waals surface area contributed by atoms with E-state index >= 15 is 0 Å². The average Bonchev–Trinajstić information content (AvgIpc) is 2.42. The predicted molar refractivity (Wildman–Crippen MR) is 80.3 cm³/mol. The van der Waals surface area contributed by atoms with Gasteiger partial charge in [0.15, 0.2) is 9.84 Å². The maximum absolute atomic E-state index is 12.0. The van der Waals surface area contributed by atoms with Gasteiger partial charge in [-0.3, -0.25) is 0 Å². The van der Waals surface area contributed by atoms with E-state index in [0.717, 1.165) is 25.7 Å². The summed E-state index contributed by atoms with van der Waals surface area (Å²) in [5.74, 6) is 0.0327. The number of hydrogen-bond donors (Lipinski definition) is 0. The van der Waals surface area contributed by atoms with Crippen molar-refractivity contribution in [2.24, 2.45) is 5.11 Å². The van der Waals surface area contributed by atoms with E-state index in [1.807, 2.05) is 0 Å². The van der Waals surface area contributed by atoms with Gasteiger partial charge in [-0.1, -0.05) is 29.6 Å². The Bertz CT molecular complexity index is 551.